The first-order chi connectivity index (χ1) is 10.0. The summed E-state index contributed by atoms with van der Waals surface area (Å²) in [6.45, 7) is 7.69. The SMILES string of the molecule is CC#Cc1cc(Oc2cnc(C)nc2N)c(C(C)C)cn1. The van der Waals surface area contributed by atoms with Crippen LogP contribution in [0.25, 0.3) is 0 Å². The predicted octanol–water partition coefficient (Wildman–Crippen LogP) is 3.05. The fourth-order valence-electron chi connectivity index (χ4n) is 1.84. The quantitative estimate of drug-likeness (QED) is 0.876. The lowest BCUT2D eigenvalue weighted by atomic mass is 10.0. The zero-order chi connectivity index (χ0) is 15.4. The number of aryl methyl sites for hydroxylation is 1. The van der Waals surface area contributed by atoms with Gasteiger partial charge in [-0.25, -0.2) is 15.0 Å². The Bertz CT molecular complexity index is 714. The van der Waals surface area contributed by atoms with Crippen molar-refractivity contribution in [2.45, 2.75) is 33.6 Å². The fourth-order valence-corrected chi connectivity index (χ4v) is 1.84. The van der Waals surface area contributed by atoms with Gasteiger partial charge in [-0.2, -0.15) is 0 Å². The number of anilines is 1. The van der Waals surface area contributed by atoms with E-state index in [9.17, 15) is 0 Å². The number of nitrogens with zero attached hydrogens (tertiary/aromatic N) is 3. The summed E-state index contributed by atoms with van der Waals surface area (Å²) in [7, 11) is 0. The molecule has 0 saturated carbocycles. The number of rotatable bonds is 3. The smallest absolute Gasteiger partial charge is 0.187 e. The second-order valence-electron chi connectivity index (χ2n) is 4.91. The van der Waals surface area contributed by atoms with Crippen LogP contribution in [0.4, 0.5) is 5.82 Å². The van der Waals surface area contributed by atoms with Crippen molar-refractivity contribution >= 4 is 5.82 Å². The Labute approximate surface area is 124 Å². The van der Waals surface area contributed by atoms with E-state index in [1.54, 1.807) is 26.2 Å². The first-order valence-corrected chi connectivity index (χ1v) is 6.71. The van der Waals surface area contributed by atoms with Gasteiger partial charge in [0.25, 0.3) is 0 Å². The summed E-state index contributed by atoms with van der Waals surface area (Å²) in [4.78, 5) is 12.5. The molecule has 0 aliphatic heterocycles. The minimum absolute atomic E-state index is 0.267. The number of aromatic nitrogens is 3. The Hall–Kier alpha value is -2.61. The van der Waals surface area contributed by atoms with E-state index in [2.05, 4.69) is 40.6 Å². The van der Waals surface area contributed by atoms with Crippen molar-refractivity contribution in [1.29, 1.82) is 0 Å². The highest BCUT2D eigenvalue weighted by Gasteiger charge is 2.13. The lowest BCUT2D eigenvalue weighted by Crippen LogP contribution is -2.02. The largest absolute Gasteiger partial charge is 0.451 e. The molecule has 0 amide bonds. The first-order valence-electron chi connectivity index (χ1n) is 6.71. The summed E-state index contributed by atoms with van der Waals surface area (Å²) >= 11 is 0. The van der Waals surface area contributed by atoms with Crippen molar-refractivity contribution in [3.63, 3.8) is 0 Å². The Morgan fingerprint density at radius 1 is 1.19 bits per heavy atom. The van der Waals surface area contributed by atoms with Crippen molar-refractivity contribution in [2.75, 3.05) is 5.73 Å². The van der Waals surface area contributed by atoms with Gasteiger partial charge in [0.15, 0.2) is 11.6 Å². The summed E-state index contributed by atoms with van der Waals surface area (Å²) in [5.41, 5.74) is 7.51. The Morgan fingerprint density at radius 3 is 2.57 bits per heavy atom. The monoisotopic (exact) mass is 282 g/mol. The third-order valence-electron chi connectivity index (χ3n) is 2.89. The van der Waals surface area contributed by atoms with Gasteiger partial charge in [0.05, 0.1) is 6.20 Å². The molecule has 0 spiro atoms. The summed E-state index contributed by atoms with van der Waals surface area (Å²) in [5, 5.41) is 0. The maximum Gasteiger partial charge on any atom is 0.187 e. The minimum Gasteiger partial charge on any atom is -0.451 e. The fraction of sp³-hybridized carbons (Fsp3) is 0.312. The van der Waals surface area contributed by atoms with Gasteiger partial charge in [0, 0.05) is 17.8 Å². The van der Waals surface area contributed by atoms with Gasteiger partial charge in [-0.15, -0.1) is 0 Å². The molecule has 2 rings (SSSR count). The zero-order valence-electron chi connectivity index (χ0n) is 12.6. The van der Waals surface area contributed by atoms with Crippen LogP contribution in [0.3, 0.4) is 0 Å². The molecule has 0 aromatic carbocycles. The molecular weight excluding hydrogens is 264 g/mol. The van der Waals surface area contributed by atoms with E-state index < -0.39 is 0 Å². The molecule has 0 saturated heterocycles. The van der Waals surface area contributed by atoms with Crippen molar-refractivity contribution in [3.8, 4) is 23.3 Å². The van der Waals surface area contributed by atoms with Gasteiger partial charge >= 0.3 is 0 Å². The second kappa shape index (κ2) is 6.23. The normalized spacial score (nSPS) is 10.1. The van der Waals surface area contributed by atoms with Gasteiger partial charge in [-0.1, -0.05) is 19.8 Å². The molecule has 2 N–H and O–H groups in total. The molecule has 2 aromatic heterocycles. The zero-order valence-corrected chi connectivity index (χ0v) is 12.6. The maximum atomic E-state index is 5.89. The van der Waals surface area contributed by atoms with Crippen LogP contribution >= 0.6 is 0 Å². The van der Waals surface area contributed by atoms with E-state index in [0.29, 0.717) is 28.8 Å². The molecule has 0 radical (unpaired) electrons. The molecule has 2 heterocycles. The van der Waals surface area contributed by atoms with E-state index in [1.807, 2.05) is 6.07 Å². The van der Waals surface area contributed by atoms with Crippen molar-refractivity contribution < 1.29 is 4.74 Å². The lowest BCUT2D eigenvalue weighted by molar-refractivity contribution is 0.469. The number of nitrogen functional groups attached to an aromatic ring is 1. The third kappa shape index (κ3) is 3.48. The highest BCUT2D eigenvalue weighted by molar-refractivity contribution is 5.49. The van der Waals surface area contributed by atoms with Crippen LogP contribution in [0.5, 0.6) is 11.5 Å². The number of ether oxygens (including phenoxy) is 1. The van der Waals surface area contributed by atoms with E-state index in [1.165, 1.54) is 0 Å². The Kier molecular flexibility index (Phi) is 4.39. The number of pyridine rings is 1. The van der Waals surface area contributed by atoms with E-state index in [4.69, 9.17) is 10.5 Å². The summed E-state index contributed by atoms with van der Waals surface area (Å²) in [6, 6.07) is 1.81. The lowest BCUT2D eigenvalue weighted by Gasteiger charge is -2.14. The maximum absolute atomic E-state index is 5.89. The molecule has 108 valence electrons. The average Bonchev–Trinajstić information content (AvgIpc) is 2.42. The molecule has 0 atom stereocenters. The van der Waals surface area contributed by atoms with Crippen LogP contribution < -0.4 is 10.5 Å². The molecular formula is C16H18N4O. The van der Waals surface area contributed by atoms with Gasteiger partial charge in [0.2, 0.25) is 0 Å². The van der Waals surface area contributed by atoms with Gasteiger partial charge in [-0.3, -0.25) is 0 Å². The summed E-state index contributed by atoms with van der Waals surface area (Å²) in [6.07, 6.45) is 3.36. The standard InChI is InChI=1S/C16H18N4O/c1-5-6-12-7-14(13(8-19-12)10(2)3)21-15-9-18-11(4)20-16(15)17/h7-10H,1-4H3,(H2,17,18,20). The van der Waals surface area contributed by atoms with Crippen molar-refractivity contribution in [1.82, 2.24) is 15.0 Å². The third-order valence-corrected chi connectivity index (χ3v) is 2.89. The molecule has 0 unspecified atom stereocenters. The van der Waals surface area contributed by atoms with Gasteiger partial charge in [-0.05, 0) is 25.7 Å². The van der Waals surface area contributed by atoms with Crippen LogP contribution in [-0.4, -0.2) is 15.0 Å². The van der Waals surface area contributed by atoms with Crippen LogP contribution in [0.15, 0.2) is 18.5 Å². The molecule has 2 aromatic rings. The van der Waals surface area contributed by atoms with Gasteiger partial charge < -0.3 is 10.5 Å². The molecule has 5 nitrogen and oxygen atoms in total. The topological polar surface area (TPSA) is 73.9 Å². The minimum atomic E-state index is 0.267. The molecule has 0 fully saturated rings. The first kappa shape index (κ1) is 14.8. The van der Waals surface area contributed by atoms with Crippen LogP contribution in [0.2, 0.25) is 0 Å². The van der Waals surface area contributed by atoms with Crippen LogP contribution in [0, 0.1) is 18.8 Å². The van der Waals surface area contributed by atoms with Crippen LogP contribution in [-0.2, 0) is 0 Å². The second-order valence-corrected chi connectivity index (χ2v) is 4.91. The number of hydrogen-bond acceptors (Lipinski definition) is 5. The highest BCUT2D eigenvalue weighted by atomic mass is 16.5. The summed E-state index contributed by atoms with van der Waals surface area (Å²) in [5.74, 6) is 8.05. The highest BCUT2D eigenvalue weighted by Crippen LogP contribution is 2.32. The van der Waals surface area contributed by atoms with Crippen molar-refractivity contribution in [2.24, 2.45) is 0 Å². The van der Waals surface area contributed by atoms with E-state index >= 15 is 0 Å². The van der Waals surface area contributed by atoms with Gasteiger partial charge in [0.1, 0.15) is 17.3 Å². The van der Waals surface area contributed by atoms with Crippen molar-refractivity contribution in [3.05, 3.63) is 35.5 Å². The Morgan fingerprint density at radius 2 is 1.95 bits per heavy atom. The molecule has 0 aliphatic rings. The molecule has 0 aliphatic carbocycles. The van der Waals surface area contributed by atoms with E-state index in [-0.39, 0.29) is 5.92 Å². The molecule has 0 bridgehead atoms. The number of nitrogens with two attached hydrogens (primary N) is 1. The van der Waals surface area contributed by atoms with E-state index in [0.717, 1.165) is 5.56 Å². The van der Waals surface area contributed by atoms with Crippen LogP contribution in [0.1, 0.15) is 43.8 Å². The summed E-state index contributed by atoms with van der Waals surface area (Å²) < 4.78 is 5.89. The molecule has 5 heteroatoms. The predicted molar refractivity (Wildman–Crippen MR) is 82.1 cm³/mol. The Balaban J connectivity index is 2.44. The average molecular weight is 282 g/mol. The number of hydrogen-bond donors (Lipinski definition) is 1. The molecule has 21 heavy (non-hydrogen) atoms.